The maximum absolute atomic E-state index is 13.7. The fraction of sp³-hybridized carbons (Fsp3) is 0.844. The third kappa shape index (κ3) is 9.08. The predicted octanol–water partition coefficient (Wildman–Crippen LogP) is 3.53. The lowest BCUT2D eigenvalue weighted by molar-refractivity contribution is -0.248. The number of carbonyl (C=O) groups excluding carboxylic acids is 1. The molecule has 0 aromatic heterocycles. The molecule has 1 unspecified atom stereocenters. The van der Waals surface area contributed by atoms with Gasteiger partial charge in [0.1, 0.15) is 0 Å². The third-order valence-corrected chi connectivity index (χ3v) is 9.19. The Morgan fingerprint density at radius 1 is 1.12 bits per heavy atom. The molecule has 0 aromatic rings. The first-order valence-corrected chi connectivity index (χ1v) is 16.1. The van der Waals surface area contributed by atoms with E-state index < -0.39 is 17.2 Å². The molecule has 0 radical (unpaired) electrons. The number of nitrogens with zero attached hydrogens (tertiary/aromatic N) is 1. The lowest BCUT2D eigenvalue weighted by atomic mass is 9.60. The molecule has 43 heavy (non-hydrogen) atoms. The van der Waals surface area contributed by atoms with E-state index >= 15 is 0 Å². The van der Waals surface area contributed by atoms with E-state index in [2.05, 4.69) is 22.5 Å². The van der Waals surface area contributed by atoms with Crippen molar-refractivity contribution in [3.05, 3.63) is 23.2 Å². The monoisotopic (exact) mass is 631 g/mol. The number of piperazine rings is 1. The molecule has 3 spiro atoms. The Morgan fingerprint density at radius 3 is 2.26 bits per heavy atom. The average Bonchev–Trinajstić information content (AvgIpc) is 3.53. The minimum atomic E-state index is -0.724. The van der Waals surface area contributed by atoms with E-state index in [4.69, 9.17) is 25.7 Å². The number of hydrogen-bond acceptors (Lipinski definition) is 9. The molecule has 2 saturated heterocycles. The van der Waals surface area contributed by atoms with Crippen LogP contribution in [0.1, 0.15) is 99.3 Å². The van der Waals surface area contributed by atoms with Gasteiger partial charge in [0, 0.05) is 56.5 Å². The van der Waals surface area contributed by atoms with E-state index in [0.29, 0.717) is 30.9 Å². The van der Waals surface area contributed by atoms with Crippen molar-refractivity contribution in [2.75, 3.05) is 46.5 Å². The molecule has 0 aromatic carbocycles. The van der Waals surface area contributed by atoms with Gasteiger partial charge in [-0.2, -0.15) is 0 Å². The minimum absolute atomic E-state index is 0. The highest BCUT2D eigenvalue weighted by Gasteiger charge is 2.59. The van der Waals surface area contributed by atoms with E-state index in [-0.39, 0.29) is 34.8 Å². The van der Waals surface area contributed by atoms with Crippen LogP contribution in [-0.2, 0) is 19.0 Å². The molecule has 2 heterocycles. The number of hydrogen-bond donors (Lipinski definition) is 4. The molecule has 252 valence electrons. The quantitative estimate of drug-likeness (QED) is 0.344. The molecule has 0 amide bonds. The number of Topliss-reactive ketones (excluding diaryl/α,β-unsaturated/α-hetero) is 1. The fourth-order valence-corrected chi connectivity index (χ4v) is 6.68. The summed E-state index contributed by atoms with van der Waals surface area (Å²) < 4.78 is 17.4. The molecule has 2 saturated carbocycles. The lowest BCUT2D eigenvalue weighted by Gasteiger charge is -2.52. The highest BCUT2D eigenvalue weighted by molar-refractivity contribution is 6.01. The van der Waals surface area contributed by atoms with Gasteiger partial charge in [0.25, 0.3) is 0 Å². The van der Waals surface area contributed by atoms with Crippen molar-refractivity contribution in [1.82, 2.24) is 15.5 Å². The fourth-order valence-electron chi connectivity index (χ4n) is 6.68. The van der Waals surface area contributed by atoms with Gasteiger partial charge in [-0.1, -0.05) is 20.3 Å². The summed E-state index contributed by atoms with van der Waals surface area (Å²) in [6.45, 7) is 16.9. The number of nitrogens with two attached hydrogens (primary N) is 2. The first kappa shape index (κ1) is 39.6. The maximum atomic E-state index is 13.7. The molecule has 2 atom stereocenters. The predicted molar refractivity (Wildman–Crippen MR) is 176 cm³/mol. The smallest absolute Gasteiger partial charge is 0.181 e. The van der Waals surface area contributed by atoms with Crippen LogP contribution in [0.4, 0.5) is 0 Å². The molecular formula is C32H62ClN5O5. The Kier molecular flexibility index (Phi) is 15.5. The summed E-state index contributed by atoms with van der Waals surface area (Å²) >= 11 is 0. The van der Waals surface area contributed by atoms with Crippen LogP contribution in [0.15, 0.2) is 23.2 Å². The van der Waals surface area contributed by atoms with Crippen LogP contribution in [0.2, 0.25) is 0 Å². The minimum Gasteiger partial charge on any atom is -0.412 e. The Hall–Kier alpha value is -1.40. The normalized spacial score (nSPS) is 26.3. The van der Waals surface area contributed by atoms with Crippen molar-refractivity contribution in [3.8, 4) is 0 Å². The van der Waals surface area contributed by atoms with E-state index in [1.165, 1.54) is 12.8 Å². The van der Waals surface area contributed by atoms with Crippen molar-refractivity contribution in [2.45, 2.75) is 122 Å². The van der Waals surface area contributed by atoms with Crippen LogP contribution >= 0.6 is 12.4 Å². The SMILES string of the molecule is CC.CCN/C(=C\C(N)C(=O)C1=C(N)[C@]2(CCCCC23OCCO3)CCC1)N1CCNC2(CC2)C1.COC(C)(C)C.Cl.O. The molecular weight excluding hydrogens is 570 g/mol. The highest BCUT2D eigenvalue weighted by atomic mass is 35.5. The molecule has 2 aliphatic heterocycles. The van der Waals surface area contributed by atoms with Gasteiger partial charge < -0.3 is 46.7 Å². The molecule has 0 bridgehead atoms. The Bertz CT molecular complexity index is 943. The molecule has 5 rings (SSSR count). The van der Waals surface area contributed by atoms with Gasteiger partial charge in [-0.15, -0.1) is 12.4 Å². The highest BCUT2D eigenvalue weighted by Crippen LogP contribution is 2.57. The van der Waals surface area contributed by atoms with E-state index in [1.807, 2.05) is 40.7 Å². The zero-order valence-electron chi connectivity index (χ0n) is 27.9. The second kappa shape index (κ2) is 16.8. The Labute approximate surface area is 266 Å². The summed E-state index contributed by atoms with van der Waals surface area (Å²) in [7, 11) is 1.71. The van der Waals surface area contributed by atoms with Gasteiger partial charge in [0.2, 0.25) is 0 Å². The molecule has 4 fully saturated rings. The summed E-state index contributed by atoms with van der Waals surface area (Å²) in [6, 6.07) is -0.724. The number of halogens is 1. The molecule has 5 aliphatic rings. The second-order valence-electron chi connectivity index (χ2n) is 12.9. The maximum Gasteiger partial charge on any atom is 0.181 e. The topological polar surface area (TPSA) is 156 Å². The van der Waals surface area contributed by atoms with Crippen LogP contribution < -0.4 is 22.1 Å². The van der Waals surface area contributed by atoms with E-state index in [0.717, 1.165) is 70.5 Å². The lowest BCUT2D eigenvalue weighted by Crippen LogP contribution is -2.56. The zero-order valence-corrected chi connectivity index (χ0v) is 28.7. The Balaban J connectivity index is 0.000000830. The van der Waals surface area contributed by atoms with Gasteiger partial charge in [0.15, 0.2) is 11.6 Å². The van der Waals surface area contributed by atoms with Crippen LogP contribution in [0.25, 0.3) is 0 Å². The number of fused-ring (bicyclic) bond motifs is 1. The number of ketones is 1. The molecule has 8 N–H and O–H groups in total. The van der Waals surface area contributed by atoms with Gasteiger partial charge >= 0.3 is 0 Å². The zero-order chi connectivity index (χ0) is 30.3. The van der Waals surface area contributed by atoms with Gasteiger partial charge in [0.05, 0.1) is 36.1 Å². The van der Waals surface area contributed by atoms with Crippen molar-refractivity contribution in [2.24, 2.45) is 16.9 Å². The van der Waals surface area contributed by atoms with E-state index in [1.54, 1.807) is 7.11 Å². The van der Waals surface area contributed by atoms with Crippen molar-refractivity contribution >= 4 is 18.2 Å². The Morgan fingerprint density at radius 2 is 1.70 bits per heavy atom. The van der Waals surface area contributed by atoms with Gasteiger partial charge in [-0.05, 0) is 78.7 Å². The molecule has 10 nitrogen and oxygen atoms in total. The van der Waals surface area contributed by atoms with E-state index in [9.17, 15) is 4.79 Å². The van der Waals surface area contributed by atoms with Crippen molar-refractivity contribution < 1.29 is 24.5 Å². The summed E-state index contributed by atoms with van der Waals surface area (Å²) in [5, 5.41) is 7.10. The van der Waals surface area contributed by atoms with Crippen LogP contribution in [0, 0.1) is 5.41 Å². The van der Waals surface area contributed by atoms with Crippen LogP contribution in [0.3, 0.4) is 0 Å². The average molecular weight is 632 g/mol. The summed E-state index contributed by atoms with van der Waals surface area (Å²) in [5.74, 6) is 0.236. The standard InChI is InChI=1S/C25H41N5O3.C5H12O.C2H6.ClH.H2O/c1-2-28-20(30-13-12-29-23(17-30)10-11-23)16-19(26)21(31)18-6-5-8-24(22(18)27)7-3-4-9-25(24)32-14-15-33-25;1-5(2,3)6-4;1-2;;/h16,19,28-29H,2-15,17,26-27H2,1H3;1-4H3;1-2H3;1H;1H2/b20-16+;;;;/t19?,24-;;;;/m0..../s1. The largest absolute Gasteiger partial charge is 0.412 e. The number of methoxy groups -OCH3 is 1. The summed E-state index contributed by atoms with van der Waals surface area (Å²) in [6.07, 6.45) is 10.7. The van der Waals surface area contributed by atoms with Gasteiger partial charge in [-0.3, -0.25) is 4.79 Å². The molecule has 3 aliphatic carbocycles. The van der Waals surface area contributed by atoms with Crippen LogP contribution in [-0.4, -0.2) is 85.6 Å². The number of ether oxygens (including phenoxy) is 3. The number of carbonyl (C=O) groups is 1. The number of rotatable bonds is 6. The second-order valence-corrected chi connectivity index (χ2v) is 12.9. The van der Waals surface area contributed by atoms with Crippen molar-refractivity contribution in [3.63, 3.8) is 0 Å². The first-order valence-electron chi connectivity index (χ1n) is 16.1. The van der Waals surface area contributed by atoms with Crippen molar-refractivity contribution in [1.29, 1.82) is 0 Å². The summed E-state index contributed by atoms with van der Waals surface area (Å²) in [5.41, 5.74) is 14.6. The molecule has 11 heteroatoms. The number of nitrogens with one attached hydrogen (secondary N) is 2. The first-order chi connectivity index (χ1) is 19.5. The summed E-state index contributed by atoms with van der Waals surface area (Å²) in [4.78, 5) is 16.0. The van der Waals surface area contributed by atoms with Crippen LogP contribution in [0.5, 0.6) is 0 Å². The third-order valence-electron chi connectivity index (χ3n) is 9.19. The van der Waals surface area contributed by atoms with Gasteiger partial charge in [-0.25, -0.2) is 0 Å².